The third kappa shape index (κ3) is 8.32. The van der Waals surface area contributed by atoms with Crippen molar-refractivity contribution in [1.82, 2.24) is 15.5 Å². The normalized spacial score (nSPS) is 17.8. The summed E-state index contributed by atoms with van der Waals surface area (Å²) in [6.45, 7) is 8.87. The molecule has 9 heteroatoms. The topological polar surface area (TPSA) is 90.9 Å². The number of nitrogens with one attached hydrogen (secondary N) is 2. The van der Waals surface area contributed by atoms with Crippen molar-refractivity contribution < 1.29 is 28.2 Å². The minimum atomic E-state index is -1.10. The first-order valence-electron chi connectivity index (χ1n) is 11.3. The Labute approximate surface area is 194 Å². The van der Waals surface area contributed by atoms with Crippen LogP contribution in [0.15, 0.2) is 18.2 Å². The highest BCUT2D eigenvalue weighted by Crippen LogP contribution is 2.25. The number of β-amino-alcohol motifs (C(OH)–C–C–N with tert-alkyl or cyclic N) is 1. The monoisotopic (exact) mass is 469 g/mol. The molecule has 2 rings (SSSR count). The SMILES string of the molecule is CC(=O)NC(Cc1cc(F)cc(F)c1)C(O)CNC1(C(=O)N(C)CC(C)(C)C)CCOCC1. The minimum absolute atomic E-state index is 0.0117. The quantitative estimate of drug-likeness (QED) is 0.515. The van der Waals surface area contributed by atoms with Gasteiger partial charge in [-0.15, -0.1) is 0 Å². The maximum absolute atomic E-state index is 13.6. The fourth-order valence-electron chi connectivity index (χ4n) is 4.30. The van der Waals surface area contributed by atoms with Gasteiger partial charge in [0.05, 0.1) is 12.1 Å². The number of carbonyl (C=O) groups excluding carboxylic acids is 2. The summed E-state index contributed by atoms with van der Waals surface area (Å²) in [5.74, 6) is -1.91. The van der Waals surface area contributed by atoms with E-state index in [1.165, 1.54) is 19.1 Å². The molecule has 1 aliphatic rings. The molecule has 1 aliphatic heterocycles. The molecule has 0 spiro atoms. The predicted octanol–water partition coefficient (Wildman–Crippen LogP) is 2.02. The Hall–Kier alpha value is -2.10. The molecular formula is C24H37F2N3O4. The highest BCUT2D eigenvalue weighted by atomic mass is 19.1. The van der Waals surface area contributed by atoms with Crippen LogP contribution in [0.5, 0.6) is 0 Å². The van der Waals surface area contributed by atoms with Crippen molar-refractivity contribution >= 4 is 11.8 Å². The van der Waals surface area contributed by atoms with Crippen molar-refractivity contribution in [2.24, 2.45) is 5.41 Å². The summed E-state index contributed by atoms with van der Waals surface area (Å²) in [5.41, 5.74) is -0.662. The van der Waals surface area contributed by atoms with E-state index in [4.69, 9.17) is 4.74 Å². The third-order valence-electron chi connectivity index (χ3n) is 5.69. The van der Waals surface area contributed by atoms with Gasteiger partial charge in [-0.1, -0.05) is 20.8 Å². The van der Waals surface area contributed by atoms with Gasteiger partial charge in [-0.25, -0.2) is 8.78 Å². The summed E-state index contributed by atoms with van der Waals surface area (Å²) in [6, 6.07) is 2.31. The molecule has 0 radical (unpaired) electrons. The Balaban J connectivity index is 2.15. The molecule has 33 heavy (non-hydrogen) atoms. The molecule has 7 nitrogen and oxygen atoms in total. The van der Waals surface area contributed by atoms with Crippen LogP contribution in [-0.4, -0.2) is 72.9 Å². The number of amides is 2. The summed E-state index contributed by atoms with van der Waals surface area (Å²) in [6.07, 6.45) is -0.161. The van der Waals surface area contributed by atoms with E-state index in [0.29, 0.717) is 38.2 Å². The van der Waals surface area contributed by atoms with Gasteiger partial charge in [-0.3, -0.25) is 9.59 Å². The maximum Gasteiger partial charge on any atom is 0.242 e. The second-order valence-corrected chi connectivity index (χ2v) is 10.2. The first kappa shape index (κ1) is 27.1. The number of hydrogen-bond acceptors (Lipinski definition) is 5. The van der Waals surface area contributed by atoms with Crippen LogP contribution in [0.25, 0.3) is 0 Å². The highest BCUT2D eigenvalue weighted by Gasteiger charge is 2.42. The molecule has 1 heterocycles. The van der Waals surface area contributed by atoms with Gasteiger partial charge in [0, 0.05) is 46.3 Å². The maximum atomic E-state index is 13.6. The third-order valence-corrected chi connectivity index (χ3v) is 5.69. The van der Waals surface area contributed by atoms with E-state index in [9.17, 15) is 23.5 Å². The molecule has 0 aromatic heterocycles. The lowest BCUT2D eigenvalue weighted by Crippen LogP contribution is -2.63. The molecule has 0 aliphatic carbocycles. The van der Waals surface area contributed by atoms with Crippen LogP contribution in [-0.2, 0) is 20.7 Å². The zero-order valence-electron chi connectivity index (χ0n) is 20.2. The van der Waals surface area contributed by atoms with Gasteiger partial charge in [-0.2, -0.15) is 0 Å². The van der Waals surface area contributed by atoms with Gasteiger partial charge < -0.3 is 25.4 Å². The van der Waals surface area contributed by atoms with Gasteiger partial charge >= 0.3 is 0 Å². The summed E-state index contributed by atoms with van der Waals surface area (Å²) in [7, 11) is 1.77. The van der Waals surface area contributed by atoms with Crippen LogP contribution in [0.4, 0.5) is 8.78 Å². The van der Waals surface area contributed by atoms with Crippen LogP contribution in [0.2, 0.25) is 0 Å². The van der Waals surface area contributed by atoms with Crippen LogP contribution in [0.3, 0.4) is 0 Å². The molecule has 0 saturated carbocycles. The number of nitrogens with zero attached hydrogens (tertiary/aromatic N) is 1. The fourth-order valence-corrected chi connectivity index (χ4v) is 4.30. The fraction of sp³-hybridized carbons (Fsp3) is 0.667. The molecular weight excluding hydrogens is 432 g/mol. The lowest BCUT2D eigenvalue weighted by Gasteiger charge is -2.41. The first-order chi connectivity index (χ1) is 15.3. The lowest BCUT2D eigenvalue weighted by atomic mass is 9.86. The van der Waals surface area contributed by atoms with Crippen molar-refractivity contribution in [1.29, 1.82) is 0 Å². The van der Waals surface area contributed by atoms with E-state index in [0.717, 1.165) is 6.07 Å². The molecule has 1 saturated heterocycles. The van der Waals surface area contributed by atoms with Crippen molar-refractivity contribution in [3.63, 3.8) is 0 Å². The molecule has 1 fully saturated rings. The smallest absolute Gasteiger partial charge is 0.242 e. The van der Waals surface area contributed by atoms with Crippen molar-refractivity contribution in [3.05, 3.63) is 35.4 Å². The Morgan fingerprint density at radius 2 is 1.76 bits per heavy atom. The van der Waals surface area contributed by atoms with Crippen molar-refractivity contribution in [3.8, 4) is 0 Å². The largest absolute Gasteiger partial charge is 0.390 e. The second-order valence-electron chi connectivity index (χ2n) is 10.2. The highest BCUT2D eigenvalue weighted by molar-refractivity contribution is 5.86. The van der Waals surface area contributed by atoms with Crippen LogP contribution in [0.1, 0.15) is 46.1 Å². The van der Waals surface area contributed by atoms with E-state index in [-0.39, 0.29) is 30.2 Å². The van der Waals surface area contributed by atoms with E-state index < -0.39 is 29.3 Å². The van der Waals surface area contributed by atoms with Gasteiger partial charge in [0.1, 0.15) is 17.2 Å². The predicted molar refractivity (Wildman–Crippen MR) is 122 cm³/mol. The zero-order valence-corrected chi connectivity index (χ0v) is 20.2. The summed E-state index contributed by atoms with van der Waals surface area (Å²) < 4.78 is 32.7. The van der Waals surface area contributed by atoms with Crippen molar-refractivity contribution in [2.45, 2.75) is 64.6 Å². The Kier molecular flexibility index (Phi) is 9.34. The molecule has 186 valence electrons. The number of halogens is 2. The summed E-state index contributed by atoms with van der Waals surface area (Å²) in [4.78, 5) is 26.8. The first-order valence-corrected chi connectivity index (χ1v) is 11.3. The Bertz CT molecular complexity index is 802. The number of rotatable bonds is 9. The molecule has 1 aromatic rings. The molecule has 2 unspecified atom stereocenters. The second kappa shape index (κ2) is 11.4. The lowest BCUT2D eigenvalue weighted by molar-refractivity contribution is -0.143. The summed E-state index contributed by atoms with van der Waals surface area (Å²) in [5, 5.41) is 16.8. The van der Waals surface area contributed by atoms with Gasteiger partial charge in [0.15, 0.2) is 0 Å². The van der Waals surface area contributed by atoms with Crippen LogP contribution < -0.4 is 10.6 Å². The molecule has 3 N–H and O–H groups in total. The number of benzene rings is 1. The number of carbonyl (C=O) groups is 2. The standard InChI is InChI=1S/C24H37F2N3O4/c1-16(30)28-20(12-17-10-18(25)13-19(26)11-17)21(31)14-27-24(6-8-33-9-7-24)22(32)29(5)15-23(2,3)4/h10-11,13,20-21,27,31H,6-9,12,14-15H2,1-5H3,(H,28,30). The van der Waals surface area contributed by atoms with Crippen LogP contribution in [0, 0.1) is 17.0 Å². The number of ether oxygens (including phenoxy) is 1. The van der Waals surface area contributed by atoms with E-state index in [1.54, 1.807) is 11.9 Å². The summed E-state index contributed by atoms with van der Waals surface area (Å²) >= 11 is 0. The van der Waals surface area contributed by atoms with Crippen molar-refractivity contribution in [2.75, 3.05) is 33.4 Å². The average Bonchev–Trinajstić information content (AvgIpc) is 2.69. The van der Waals surface area contributed by atoms with E-state index in [2.05, 4.69) is 31.4 Å². The van der Waals surface area contributed by atoms with E-state index in [1.807, 2.05) is 0 Å². The number of aliphatic hydroxyl groups excluding tert-OH is 1. The van der Waals surface area contributed by atoms with Gasteiger partial charge in [0.2, 0.25) is 11.8 Å². The molecule has 2 amide bonds. The Morgan fingerprint density at radius 1 is 1.18 bits per heavy atom. The number of hydrogen-bond donors (Lipinski definition) is 3. The average molecular weight is 470 g/mol. The molecule has 0 bridgehead atoms. The number of aliphatic hydroxyl groups is 1. The van der Waals surface area contributed by atoms with Gasteiger partial charge in [0.25, 0.3) is 0 Å². The molecule has 1 aromatic carbocycles. The van der Waals surface area contributed by atoms with E-state index >= 15 is 0 Å². The van der Waals surface area contributed by atoms with Gasteiger partial charge in [-0.05, 0) is 42.4 Å². The minimum Gasteiger partial charge on any atom is -0.390 e. The number of likely N-dealkylation sites (N-methyl/N-ethyl adjacent to an activating group) is 1. The Morgan fingerprint density at radius 3 is 2.27 bits per heavy atom. The van der Waals surface area contributed by atoms with Crippen LogP contribution >= 0.6 is 0 Å². The molecule has 2 atom stereocenters. The zero-order chi connectivity index (χ0) is 24.8.